The average molecular weight is 623 g/mol. The van der Waals surface area contributed by atoms with Crippen LogP contribution in [0.2, 0.25) is 0 Å². The number of nitrogens with two attached hydrogens (primary N) is 1. The molecule has 4 nitrogen and oxygen atoms in total. The molecule has 0 radical (unpaired) electrons. The zero-order chi connectivity index (χ0) is 30.9. The highest BCUT2D eigenvalue weighted by molar-refractivity contribution is 5.63. The van der Waals surface area contributed by atoms with Crippen molar-refractivity contribution in [1.29, 1.82) is 0 Å². The zero-order valence-electron chi connectivity index (χ0n) is 27.5. The van der Waals surface area contributed by atoms with E-state index in [0.29, 0.717) is 23.9 Å². The molecule has 4 N–H and O–H groups in total. The van der Waals surface area contributed by atoms with Crippen molar-refractivity contribution in [2.75, 3.05) is 0 Å². The number of fused-ring (bicyclic) bond motifs is 6. The number of nitrogens with one attached hydrogen (secondary N) is 2. The van der Waals surface area contributed by atoms with Gasteiger partial charge in [0.2, 0.25) is 0 Å². The Bertz CT molecular complexity index is 1790. The van der Waals surface area contributed by atoms with Gasteiger partial charge in [-0.3, -0.25) is 0 Å². The fourth-order valence-corrected chi connectivity index (χ4v) is 10.5. The lowest BCUT2D eigenvalue weighted by Gasteiger charge is -2.44. The molecule has 1 aromatic rings. The summed E-state index contributed by atoms with van der Waals surface area (Å²) in [6.45, 7) is 0. The molecule has 0 bridgehead atoms. The normalized spacial score (nSPS) is 35.5. The minimum absolute atomic E-state index is 0.115. The quantitative estimate of drug-likeness (QED) is 0.325. The summed E-state index contributed by atoms with van der Waals surface area (Å²) in [7, 11) is 0. The smallest absolute Gasteiger partial charge is 0.165 e. The van der Waals surface area contributed by atoms with Gasteiger partial charge >= 0.3 is 0 Å². The second-order valence-electron chi connectivity index (χ2n) is 15.4. The van der Waals surface area contributed by atoms with Crippen molar-refractivity contribution in [2.45, 2.75) is 108 Å². The minimum Gasteiger partial charge on any atom is -0.485 e. The van der Waals surface area contributed by atoms with Crippen molar-refractivity contribution >= 4 is 0 Å². The third kappa shape index (κ3) is 4.90. The monoisotopic (exact) mass is 622 g/mol. The molecule has 1 fully saturated rings. The maximum absolute atomic E-state index is 6.51. The summed E-state index contributed by atoms with van der Waals surface area (Å²) < 4.78 is 6.51. The lowest BCUT2D eigenvalue weighted by Crippen LogP contribution is -3.06. The topological polar surface area (TPSA) is 49.9 Å². The fourth-order valence-electron chi connectivity index (χ4n) is 10.5. The van der Waals surface area contributed by atoms with Crippen molar-refractivity contribution in [3.63, 3.8) is 0 Å². The van der Waals surface area contributed by atoms with E-state index >= 15 is 0 Å². The number of allylic oxidation sites excluding steroid dienone is 12. The van der Waals surface area contributed by atoms with E-state index in [2.05, 4.69) is 94.9 Å². The Hall–Kier alpha value is -3.44. The summed E-state index contributed by atoms with van der Waals surface area (Å²) >= 11 is 0. The standard InChI is InChI=1S/C43H47N3O/c1-3-10-29-24-31(18-16-26(29)8-1)41-44-42(32-19-17-27-9-2-4-11-30(27)25-32)46-43(45-41)35-14-7-13-34-33(35)22-20-28-21-23-38-40(39(28)34)36-12-5-6-15-37(36)47-38/h1,5-6,8,12,14-19,21,23,29,32,38,40-46H,2-4,7,9-11,13,20,22,24-25H2/p+1. The third-order valence-electron chi connectivity index (χ3n) is 12.8. The van der Waals surface area contributed by atoms with Gasteiger partial charge in [-0.15, -0.1) is 0 Å². The van der Waals surface area contributed by atoms with Crippen LogP contribution in [-0.2, 0) is 0 Å². The molecule has 0 amide bonds. The molecule has 10 rings (SSSR count). The van der Waals surface area contributed by atoms with Gasteiger partial charge in [0.15, 0.2) is 6.17 Å². The predicted molar refractivity (Wildman–Crippen MR) is 188 cm³/mol. The van der Waals surface area contributed by atoms with Crippen LogP contribution in [0.1, 0.15) is 88.5 Å². The molecule has 0 saturated carbocycles. The minimum atomic E-state index is 0.115. The van der Waals surface area contributed by atoms with E-state index in [9.17, 15) is 0 Å². The number of quaternary nitrogens is 1. The van der Waals surface area contributed by atoms with Crippen LogP contribution in [0.3, 0.4) is 0 Å². The van der Waals surface area contributed by atoms with E-state index in [4.69, 9.17) is 4.74 Å². The van der Waals surface area contributed by atoms with Crippen LogP contribution in [0.25, 0.3) is 0 Å². The Morgan fingerprint density at radius 1 is 0.809 bits per heavy atom. The molecule has 7 atom stereocenters. The molecule has 47 heavy (non-hydrogen) atoms. The van der Waals surface area contributed by atoms with Gasteiger partial charge in [-0.2, -0.15) is 0 Å². The number of hydrogen-bond donors (Lipinski definition) is 3. The molecule has 9 aliphatic rings. The van der Waals surface area contributed by atoms with Crippen molar-refractivity contribution < 1.29 is 10.1 Å². The summed E-state index contributed by atoms with van der Waals surface area (Å²) in [5.74, 6) is 2.57. The Morgan fingerprint density at radius 3 is 2.74 bits per heavy atom. The SMILES string of the molecule is C1=CC2=CC=C(C3NC(C4=CCCC5=C4CCC4=C5C5c6ccccc6OC5C=C4)NC(C4C=CC5=C(CCCC5)C4)[NH2+]3)CC2CC1. The number of benzene rings is 1. The van der Waals surface area contributed by atoms with Gasteiger partial charge in [0.1, 0.15) is 18.0 Å². The van der Waals surface area contributed by atoms with Crippen molar-refractivity contribution in [3.05, 3.63) is 135 Å². The highest BCUT2D eigenvalue weighted by atomic mass is 16.5. The van der Waals surface area contributed by atoms with Gasteiger partial charge in [0, 0.05) is 17.1 Å². The molecule has 7 aliphatic carbocycles. The largest absolute Gasteiger partial charge is 0.485 e. The second-order valence-corrected chi connectivity index (χ2v) is 15.4. The molecule has 240 valence electrons. The Labute approximate surface area is 279 Å². The first-order valence-electron chi connectivity index (χ1n) is 18.7. The number of rotatable bonds is 3. The maximum atomic E-state index is 6.51. The molecule has 1 saturated heterocycles. The average Bonchev–Trinajstić information content (AvgIpc) is 3.53. The number of para-hydroxylation sites is 1. The first kappa shape index (κ1) is 28.6. The zero-order valence-corrected chi connectivity index (χ0v) is 27.5. The molecule has 0 aromatic heterocycles. The molecule has 4 heteroatoms. The molecule has 2 heterocycles. The Kier molecular flexibility index (Phi) is 7.06. The van der Waals surface area contributed by atoms with Crippen LogP contribution in [0, 0.1) is 11.8 Å². The third-order valence-corrected chi connectivity index (χ3v) is 12.8. The molecular formula is C43H48N3O+. The van der Waals surface area contributed by atoms with E-state index in [0.717, 1.165) is 31.4 Å². The molecule has 7 unspecified atom stereocenters. The van der Waals surface area contributed by atoms with Crippen LogP contribution < -0.4 is 20.7 Å². The van der Waals surface area contributed by atoms with Gasteiger partial charge < -0.3 is 10.1 Å². The highest BCUT2D eigenvalue weighted by Gasteiger charge is 2.44. The molecular weight excluding hydrogens is 574 g/mol. The summed E-state index contributed by atoms with van der Waals surface area (Å²) in [6.07, 6.45) is 37.5. The van der Waals surface area contributed by atoms with Crippen molar-refractivity contribution in [1.82, 2.24) is 10.6 Å². The van der Waals surface area contributed by atoms with E-state index in [1.165, 1.54) is 68.1 Å². The molecule has 2 aliphatic heterocycles. The lowest BCUT2D eigenvalue weighted by atomic mass is 9.69. The van der Waals surface area contributed by atoms with E-state index in [1.54, 1.807) is 39.0 Å². The summed E-state index contributed by atoms with van der Waals surface area (Å²) in [4.78, 5) is 0. The first-order valence-corrected chi connectivity index (χ1v) is 18.7. The van der Waals surface area contributed by atoms with Gasteiger partial charge in [-0.05, 0) is 134 Å². The summed E-state index contributed by atoms with van der Waals surface area (Å²) in [6, 6.07) is 8.77. The van der Waals surface area contributed by atoms with Crippen molar-refractivity contribution in [3.8, 4) is 5.75 Å². The van der Waals surface area contributed by atoms with Gasteiger partial charge in [-0.25, -0.2) is 10.6 Å². The lowest BCUT2D eigenvalue weighted by molar-refractivity contribution is -0.738. The highest BCUT2D eigenvalue weighted by Crippen LogP contribution is 2.53. The van der Waals surface area contributed by atoms with Gasteiger partial charge in [0.25, 0.3) is 0 Å². The molecule has 1 aromatic carbocycles. The number of hydrogen-bond acceptors (Lipinski definition) is 3. The van der Waals surface area contributed by atoms with E-state index < -0.39 is 0 Å². The van der Waals surface area contributed by atoms with E-state index in [-0.39, 0.29) is 18.4 Å². The fraction of sp³-hybridized carbons (Fsp3) is 0.442. The van der Waals surface area contributed by atoms with Crippen LogP contribution >= 0.6 is 0 Å². The summed E-state index contributed by atoms with van der Waals surface area (Å²) in [5, 5.41) is 11.1. The predicted octanol–water partition coefficient (Wildman–Crippen LogP) is 7.61. The van der Waals surface area contributed by atoms with Gasteiger partial charge in [-0.1, -0.05) is 72.4 Å². The summed E-state index contributed by atoms with van der Waals surface area (Å²) in [5.41, 5.74) is 15.7. The van der Waals surface area contributed by atoms with Crippen LogP contribution in [0.15, 0.2) is 129 Å². The van der Waals surface area contributed by atoms with Gasteiger partial charge in [0.05, 0.1) is 12.1 Å². The maximum Gasteiger partial charge on any atom is 0.165 e. The van der Waals surface area contributed by atoms with Crippen LogP contribution in [0.5, 0.6) is 5.75 Å². The van der Waals surface area contributed by atoms with Crippen LogP contribution in [-0.4, -0.2) is 24.6 Å². The van der Waals surface area contributed by atoms with Crippen LogP contribution in [0.4, 0.5) is 0 Å². The Balaban J connectivity index is 0.997. The van der Waals surface area contributed by atoms with E-state index in [1.807, 2.05) is 0 Å². The first-order chi connectivity index (χ1) is 23.3. The molecule has 0 spiro atoms. The van der Waals surface area contributed by atoms with Crippen molar-refractivity contribution in [2.24, 2.45) is 11.8 Å². The second kappa shape index (κ2) is 11.6. The Morgan fingerprint density at radius 2 is 1.74 bits per heavy atom. The number of ether oxygens (including phenoxy) is 1.